The van der Waals surface area contributed by atoms with E-state index in [4.69, 9.17) is 0 Å². The summed E-state index contributed by atoms with van der Waals surface area (Å²) in [5.41, 5.74) is 3.60. The average Bonchev–Trinajstić information content (AvgIpc) is 2.49. The molecule has 0 amide bonds. The van der Waals surface area contributed by atoms with E-state index in [1.165, 1.54) is 11.1 Å². The lowest BCUT2D eigenvalue weighted by atomic mass is 9.99. The Morgan fingerprint density at radius 3 is 2.19 bits per heavy atom. The van der Waals surface area contributed by atoms with Crippen LogP contribution in [0.2, 0.25) is 0 Å². The zero-order valence-corrected chi connectivity index (χ0v) is 13.3. The van der Waals surface area contributed by atoms with Crippen molar-refractivity contribution in [2.75, 3.05) is 5.32 Å². The summed E-state index contributed by atoms with van der Waals surface area (Å²) in [4.78, 5) is 11.6. The van der Waals surface area contributed by atoms with Gasteiger partial charge in [0.05, 0.1) is 5.69 Å². The number of aryl methyl sites for hydroxylation is 1. The maximum absolute atomic E-state index is 11.6. The highest BCUT2D eigenvalue weighted by molar-refractivity contribution is 5.43. The molecule has 0 aliphatic heterocycles. The second-order valence-electron chi connectivity index (χ2n) is 5.73. The lowest BCUT2D eigenvalue weighted by Gasteiger charge is -2.17. The van der Waals surface area contributed by atoms with Gasteiger partial charge in [0.25, 0.3) is 5.56 Å². The lowest BCUT2D eigenvalue weighted by Crippen LogP contribution is -2.18. The van der Waals surface area contributed by atoms with Gasteiger partial charge in [0.15, 0.2) is 0 Å². The van der Waals surface area contributed by atoms with Gasteiger partial charge in [-0.3, -0.25) is 4.79 Å². The third kappa shape index (κ3) is 3.75. The van der Waals surface area contributed by atoms with E-state index in [1.807, 2.05) is 19.2 Å². The molecular formula is C18H24N2O. The molecule has 1 atom stereocenters. The van der Waals surface area contributed by atoms with Crippen LogP contribution >= 0.6 is 0 Å². The Kier molecular flexibility index (Phi) is 4.84. The molecular weight excluding hydrogens is 260 g/mol. The van der Waals surface area contributed by atoms with Crippen LogP contribution in [0, 0.1) is 0 Å². The fourth-order valence-corrected chi connectivity index (χ4v) is 2.37. The van der Waals surface area contributed by atoms with E-state index < -0.39 is 0 Å². The Labute approximate surface area is 126 Å². The Hall–Kier alpha value is -2.03. The maximum atomic E-state index is 11.6. The molecule has 0 aliphatic rings. The number of hydrogen-bond acceptors (Lipinski definition) is 2. The van der Waals surface area contributed by atoms with Crippen LogP contribution in [0.15, 0.2) is 47.4 Å². The molecule has 0 aliphatic carbocycles. The Bertz CT molecular complexity index is 641. The molecule has 0 saturated carbocycles. The van der Waals surface area contributed by atoms with Crippen LogP contribution < -0.4 is 10.9 Å². The Morgan fingerprint density at radius 2 is 1.62 bits per heavy atom. The first-order chi connectivity index (χ1) is 10.0. The summed E-state index contributed by atoms with van der Waals surface area (Å²) in [7, 11) is 0. The summed E-state index contributed by atoms with van der Waals surface area (Å²) in [5.74, 6) is 0.551. The molecule has 1 aromatic carbocycles. The van der Waals surface area contributed by atoms with Gasteiger partial charge in [0, 0.05) is 24.8 Å². The molecule has 3 heteroatoms. The molecule has 1 N–H and O–H groups in total. The molecule has 2 aromatic rings. The first kappa shape index (κ1) is 15.4. The fraction of sp³-hybridized carbons (Fsp3) is 0.389. The van der Waals surface area contributed by atoms with Crippen molar-refractivity contribution in [3.05, 3.63) is 64.1 Å². The van der Waals surface area contributed by atoms with Gasteiger partial charge < -0.3 is 9.88 Å². The van der Waals surface area contributed by atoms with Crippen molar-refractivity contribution in [3.63, 3.8) is 0 Å². The van der Waals surface area contributed by atoms with Crippen LogP contribution in [0.1, 0.15) is 50.8 Å². The number of anilines is 1. The molecule has 0 fully saturated rings. The highest BCUT2D eigenvalue weighted by atomic mass is 16.1. The molecule has 0 spiro atoms. The van der Waals surface area contributed by atoms with E-state index in [2.05, 4.69) is 50.4 Å². The zero-order chi connectivity index (χ0) is 15.4. The molecule has 21 heavy (non-hydrogen) atoms. The molecule has 2 rings (SSSR count). The summed E-state index contributed by atoms with van der Waals surface area (Å²) >= 11 is 0. The van der Waals surface area contributed by atoms with E-state index in [9.17, 15) is 4.79 Å². The normalized spacial score (nSPS) is 12.4. The van der Waals surface area contributed by atoms with Crippen molar-refractivity contribution in [2.45, 2.75) is 46.2 Å². The molecule has 3 nitrogen and oxygen atoms in total. The quantitative estimate of drug-likeness (QED) is 0.894. The number of rotatable bonds is 5. The average molecular weight is 284 g/mol. The van der Waals surface area contributed by atoms with Gasteiger partial charge >= 0.3 is 0 Å². The predicted molar refractivity (Wildman–Crippen MR) is 88.9 cm³/mol. The van der Waals surface area contributed by atoms with Gasteiger partial charge in [0.1, 0.15) is 0 Å². The second kappa shape index (κ2) is 6.61. The van der Waals surface area contributed by atoms with Crippen molar-refractivity contribution in [1.82, 2.24) is 4.57 Å². The third-order valence-electron chi connectivity index (χ3n) is 3.81. The van der Waals surface area contributed by atoms with Crippen LogP contribution in [0.25, 0.3) is 0 Å². The summed E-state index contributed by atoms with van der Waals surface area (Å²) in [6, 6.07) is 12.4. The fourth-order valence-electron chi connectivity index (χ4n) is 2.37. The molecule has 0 radical (unpaired) electrons. The second-order valence-corrected chi connectivity index (χ2v) is 5.73. The first-order valence-electron chi connectivity index (χ1n) is 7.58. The van der Waals surface area contributed by atoms with Crippen LogP contribution in [0.5, 0.6) is 0 Å². The van der Waals surface area contributed by atoms with Crippen molar-refractivity contribution in [1.29, 1.82) is 0 Å². The summed E-state index contributed by atoms with van der Waals surface area (Å²) < 4.78 is 1.71. The number of benzene rings is 1. The number of pyridine rings is 1. The van der Waals surface area contributed by atoms with Crippen LogP contribution in [0.3, 0.4) is 0 Å². The molecule has 1 unspecified atom stereocenters. The predicted octanol–water partition coefficient (Wildman–Crippen LogP) is 4.16. The largest absolute Gasteiger partial charge is 0.377 e. The number of aromatic nitrogens is 1. The number of nitrogens with zero attached hydrogens (tertiary/aromatic N) is 1. The number of nitrogens with one attached hydrogen (secondary N) is 1. The van der Waals surface area contributed by atoms with E-state index in [0.717, 1.165) is 5.69 Å². The van der Waals surface area contributed by atoms with Crippen LogP contribution in [-0.4, -0.2) is 4.57 Å². The SMILES string of the molecule is CCn1cc(NC(C)c2ccc(C(C)C)cc2)ccc1=O. The van der Waals surface area contributed by atoms with Crippen molar-refractivity contribution in [2.24, 2.45) is 0 Å². The summed E-state index contributed by atoms with van der Waals surface area (Å²) in [5, 5.41) is 3.45. The van der Waals surface area contributed by atoms with Crippen molar-refractivity contribution in [3.8, 4) is 0 Å². The van der Waals surface area contributed by atoms with Gasteiger partial charge in [0.2, 0.25) is 0 Å². The number of hydrogen-bond donors (Lipinski definition) is 1. The molecule has 0 saturated heterocycles. The molecule has 1 heterocycles. The lowest BCUT2D eigenvalue weighted by molar-refractivity contribution is 0.725. The third-order valence-corrected chi connectivity index (χ3v) is 3.81. The minimum Gasteiger partial charge on any atom is -0.377 e. The minimum absolute atomic E-state index is 0.0389. The van der Waals surface area contributed by atoms with Crippen molar-refractivity contribution < 1.29 is 0 Å². The van der Waals surface area contributed by atoms with E-state index in [0.29, 0.717) is 12.5 Å². The van der Waals surface area contributed by atoms with Crippen LogP contribution in [0.4, 0.5) is 5.69 Å². The standard InChI is InChI=1S/C18H24N2O/c1-5-20-12-17(10-11-18(20)21)19-14(4)16-8-6-15(7-9-16)13(2)3/h6-14,19H,5H2,1-4H3. The Balaban J connectivity index is 2.13. The maximum Gasteiger partial charge on any atom is 0.250 e. The monoisotopic (exact) mass is 284 g/mol. The Morgan fingerprint density at radius 1 is 1.00 bits per heavy atom. The zero-order valence-electron chi connectivity index (χ0n) is 13.3. The van der Waals surface area contributed by atoms with E-state index in [-0.39, 0.29) is 11.6 Å². The smallest absolute Gasteiger partial charge is 0.250 e. The van der Waals surface area contributed by atoms with E-state index >= 15 is 0 Å². The molecule has 112 valence electrons. The highest BCUT2D eigenvalue weighted by Crippen LogP contribution is 2.21. The minimum atomic E-state index is 0.0389. The van der Waals surface area contributed by atoms with Gasteiger partial charge in [-0.1, -0.05) is 38.1 Å². The van der Waals surface area contributed by atoms with Gasteiger partial charge in [-0.2, -0.15) is 0 Å². The summed E-state index contributed by atoms with van der Waals surface area (Å²) in [6.45, 7) is 9.19. The van der Waals surface area contributed by atoms with Crippen molar-refractivity contribution >= 4 is 5.69 Å². The topological polar surface area (TPSA) is 34.0 Å². The van der Waals surface area contributed by atoms with Gasteiger partial charge in [-0.15, -0.1) is 0 Å². The first-order valence-corrected chi connectivity index (χ1v) is 7.58. The molecule has 0 bridgehead atoms. The van der Waals surface area contributed by atoms with Gasteiger partial charge in [-0.25, -0.2) is 0 Å². The molecule has 1 aromatic heterocycles. The highest BCUT2D eigenvalue weighted by Gasteiger charge is 2.07. The summed E-state index contributed by atoms with van der Waals surface area (Å²) in [6.07, 6.45) is 1.88. The van der Waals surface area contributed by atoms with Crippen LogP contribution in [-0.2, 0) is 6.54 Å². The van der Waals surface area contributed by atoms with E-state index in [1.54, 1.807) is 10.6 Å². The van der Waals surface area contributed by atoms with Gasteiger partial charge in [-0.05, 0) is 37.0 Å².